The highest BCUT2D eigenvalue weighted by atomic mass is 35.5. The van der Waals surface area contributed by atoms with E-state index in [9.17, 15) is 4.79 Å². The van der Waals surface area contributed by atoms with Gasteiger partial charge in [-0.2, -0.15) is 0 Å². The zero-order valence-corrected chi connectivity index (χ0v) is 19.6. The topological polar surface area (TPSA) is 35.9 Å². The number of fused-ring (bicyclic) bond motifs is 1. The van der Waals surface area contributed by atoms with Crippen molar-refractivity contribution in [2.24, 2.45) is 10.9 Å². The zero-order valence-electron chi connectivity index (χ0n) is 17.3. The van der Waals surface area contributed by atoms with Gasteiger partial charge < -0.3 is 9.80 Å². The van der Waals surface area contributed by atoms with Gasteiger partial charge in [-0.3, -0.25) is 9.79 Å². The number of allylic oxidation sites excluding steroid dienone is 1. The fraction of sp³-hybridized carbons (Fsp3) is 0.304. The third kappa shape index (κ3) is 3.75. The number of hydrogen-bond acceptors (Lipinski definition) is 4. The van der Waals surface area contributed by atoms with Gasteiger partial charge in [-0.25, -0.2) is 0 Å². The highest BCUT2D eigenvalue weighted by Crippen LogP contribution is 2.53. The lowest BCUT2D eigenvalue weighted by atomic mass is 9.92. The molecular weight excluding hydrogens is 437 g/mol. The summed E-state index contributed by atoms with van der Waals surface area (Å²) < 4.78 is 0. The smallest absolute Gasteiger partial charge is 0.262 e. The summed E-state index contributed by atoms with van der Waals surface area (Å²) in [5.74, 6) is 0.182. The van der Waals surface area contributed by atoms with Crippen LogP contribution in [0.3, 0.4) is 0 Å². The van der Waals surface area contributed by atoms with Crippen LogP contribution in [-0.2, 0) is 4.79 Å². The molecule has 0 N–H and O–H groups in total. The Hall–Kier alpha value is -1.95. The molecule has 2 aliphatic rings. The van der Waals surface area contributed by atoms with Crippen LogP contribution in [0.2, 0.25) is 10.0 Å². The van der Waals surface area contributed by atoms with E-state index in [1.807, 2.05) is 48.5 Å². The SMILES string of the molecule is CC(C)C1=C(C(=O)N(C)C)SC2=N[C@@H](c3ccc(Cl)cc3)[C@@H](c3ccc(Cl)cc3)N21. The third-order valence-corrected chi connectivity index (χ3v) is 6.87. The second-order valence-electron chi connectivity index (χ2n) is 7.95. The molecule has 0 bridgehead atoms. The molecular formula is C23H23Cl2N3OS. The van der Waals surface area contributed by atoms with Gasteiger partial charge in [-0.15, -0.1) is 0 Å². The summed E-state index contributed by atoms with van der Waals surface area (Å²) in [4.78, 5) is 22.6. The quantitative estimate of drug-likeness (QED) is 0.549. The minimum Gasteiger partial charge on any atom is -0.344 e. The second kappa shape index (κ2) is 8.29. The van der Waals surface area contributed by atoms with E-state index >= 15 is 0 Å². The maximum absolute atomic E-state index is 12.9. The highest BCUT2D eigenvalue weighted by Gasteiger charge is 2.47. The number of nitrogens with zero attached hydrogens (tertiary/aromatic N) is 3. The number of amidine groups is 1. The predicted octanol–water partition coefficient (Wildman–Crippen LogP) is 6.15. The van der Waals surface area contributed by atoms with Crippen LogP contribution in [-0.4, -0.2) is 35.0 Å². The van der Waals surface area contributed by atoms with Crippen LogP contribution in [0.25, 0.3) is 0 Å². The number of benzene rings is 2. The zero-order chi connectivity index (χ0) is 21.6. The highest BCUT2D eigenvalue weighted by molar-refractivity contribution is 8.18. The van der Waals surface area contributed by atoms with Crippen LogP contribution >= 0.6 is 35.0 Å². The lowest BCUT2D eigenvalue weighted by Gasteiger charge is -2.31. The molecule has 4 nitrogen and oxygen atoms in total. The Labute approximate surface area is 191 Å². The monoisotopic (exact) mass is 459 g/mol. The number of hydrogen-bond donors (Lipinski definition) is 0. The van der Waals surface area contributed by atoms with Crippen LogP contribution in [0, 0.1) is 5.92 Å². The van der Waals surface area contributed by atoms with E-state index in [0.29, 0.717) is 10.0 Å². The fourth-order valence-electron chi connectivity index (χ4n) is 3.90. The van der Waals surface area contributed by atoms with Crippen LogP contribution in [0.1, 0.15) is 37.1 Å². The first-order chi connectivity index (χ1) is 14.3. The van der Waals surface area contributed by atoms with Crippen molar-refractivity contribution < 1.29 is 4.79 Å². The number of carbonyl (C=O) groups is 1. The van der Waals surface area contributed by atoms with Gasteiger partial charge in [-0.05, 0) is 53.1 Å². The van der Waals surface area contributed by atoms with Gasteiger partial charge in [0.25, 0.3) is 5.91 Å². The molecule has 156 valence electrons. The molecule has 2 heterocycles. The van der Waals surface area contributed by atoms with Gasteiger partial charge in [0.05, 0.1) is 6.04 Å². The third-order valence-electron chi connectivity index (χ3n) is 5.29. The summed E-state index contributed by atoms with van der Waals surface area (Å²) in [7, 11) is 3.57. The molecule has 0 unspecified atom stereocenters. The molecule has 2 aromatic rings. The van der Waals surface area contributed by atoms with Gasteiger partial charge in [-0.1, -0.05) is 61.3 Å². The summed E-state index contributed by atoms with van der Waals surface area (Å²) in [6.45, 7) is 4.24. The first-order valence-corrected chi connectivity index (χ1v) is 11.4. The summed E-state index contributed by atoms with van der Waals surface area (Å²) in [5.41, 5.74) is 3.22. The number of rotatable bonds is 4. The molecule has 0 aliphatic carbocycles. The van der Waals surface area contributed by atoms with Crippen LogP contribution in [0.4, 0.5) is 0 Å². The number of halogens is 2. The standard InChI is InChI=1S/C23H23Cl2N3OS/c1-13(2)19-21(22(29)27(3)4)30-23-26-18(14-5-9-16(24)10-6-14)20(28(19)23)15-7-11-17(25)12-8-15/h5-13,18,20H,1-4H3/t18-,20+/m0/s1. The summed E-state index contributed by atoms with van der Waals surface area (Å²) in [5, 5.41) is 2.26. The molecule has 0 aromatic heterocycles. The van der Waals surface area contributed by atoms with Crippen molar-refractivity contribution in [2.45, 2.75) is 25.9 Å². The predicted molar refractivity (Wildman–Crippen MR) is 126 cm³/mol. The van der Waals surface area contributed by atoms with E-state index in [4.69, 9.17) is 28.2 Å². The average Bonchev–Trinajstić information content (AvgIpc) is 3.24. The van der Waals surface area contributed by atoms with Crippen molar-refractivity contribution in [3.05, 3.63) is 80.3 Å². The number of likely N-dealkylation sites (N-methyl/N-ethyl adjacent to an activating group) is 1. The molecule has 30 heavy (non-hydrogen) atoms. The lowest BCUT2D eigenvalue weighted by molar-refractivity contribution is -0.124. The van der Waals surface area contributed by atoms with Gasteiger partial charge in [0.1, 0.15) is 10.9 Å². The average molecular weight is 460 g/mol. The maximum Gasteiger partial charge on any atom is 0.262 e. The van der Waals surface area contributed by atoms with E-state index < -0.39 is 0 Å². The Morgan fingerprint density at radius 2 is 1.53 bits per heavy atom. The van der Waals surface area contributed by atoms with Gasteiger partial charge in [0, 0.05) is 29.8 Å². The number of aliphatic imine (C=N–C) groups is 1. The van der Waals surface area contributed by atoms with Crippen molar-refractivity contribution in [3.8, 4) is 0 Å². The minimum absolute atomic E-state index is 0.0127. The lowest BCUT2D eigenvalue weighted by Crippen LogP contribution is -2.30. The number of amides is 1. The molecule has 4 rings (SSSR count). The van der Waals surface area contributed by atoms with Crippen LogP contribution in [0.5, 0.6) is 0 Å². The molecule has 2 atom stereocenters. The molecule has 2 aromatic carbocycles. The first-order valence-electron chi connectivity index (χ1n) is 9.79. The first kappa shape index (κ1) is 21.3. The molecule has 0 spiro atoms. The van der Waals surface area contributed by atoms with Crippen molar-refractivity contribution in [2.75, 3.05) is 14.1 Å². The Morgan fingerprint density at radius 1 is 1.00 bits per heavy atom. The maximum atomic E-state index is 12.9. The van der Waals surface area contributed by atoms with E-state index in [1.165, 1.54) is 11.8 Å². The summed E-state index contributed by atoms with van der Waals surface area (Å²) >= 11 is 13.7. The van der Waals surface area contributed by atoms with Crippen LogP contribution in [0.15, 0.2) is 64.1 Å². The van der Waals surface area contributed by atoms with E-state index in [-0.39, 0.29) is 23.9 Å². The van der Waals surface area contributed by atoms with Crippen molar-refractivity contribution >= 4 is 46.0 Å². The van der Waals surface area contributed by atoms with Gasteiger partial charge in [0.15, 0.2) is 5.17 Å². The number of thioether (sulfide) groups is 1. The fourth-order valence-corrected chi connectivity index (χ4v) is 5.52. The molecule has 0 radical (unpaired) electrons. The van der Waals surface area contributed by atoms with Gasteiger partial charge >= 0.3 is 0 Å². The van der Waals surface area contributed by atoms with Crippen molar-refractivity contribution in [3.63, 3.8) is 0 Å². The Morgan fingerprint density at radius 3 is 2.03 bits per heavy atom. The Balaban J connectivity index is 1.85. The molecule has 1 amide bonds. The van der Waals surface area contributed by atoms with Crippen molar-refractivity contribution in [1.29, 1.82) is 0 Å². The van der Waals surface area contributed by atoms with Crippen molar-refractivity contribution in [1.82, 2.24) is 9.80 Å². The Kier molecular flexibility index (Phi) is 5.88. The summed E-state index contributed by atoms with van der Waals surface area (Å²) in [6.07, 6.45) is 0. The van der Waals surface area contributed by atoms with Crippen LogP contribution < -0.4 is 0 Å². The normalized spacial score (nSPS) is 20.6. The molecule has 0 saturated carbocycles. The van der Waals surface area contributed by atoms with E-state index in [1.54, 1.807) is 19.0 Å². The molecule has 2 aliphatic heterocycles. The second-order valence-corrected chi connectivity index (χ2v) is 9.80. The molecule has 0 fully saturated rings. The largest absolute Gasteiger partial charge is 0.344 e. The van der Waals surface area contributed by atoms with E-state index in [0.717, 1.165) is 26.9 Å². The minimum atomic E-state index is -0.101. The van der Waals surface area contributed by atoms with Gasteiger partial charge in [0.2, 0.25) is 0 Å². The van der Waals surface area contributed by atoms with E-state index in [2.05, 4.69) is 18.7 Å². The molecule has 7 heteroatoms. The number of carbonyl (C=O) groups excluding carboxylic acids is 1. The molecule has 0 saturated heterocycles. The Bertz CT molecular complexity index is 1030. The summed E-state index contributed by atoms with van der Waals surface area (Å²) in [6, 6.07) is 15.6.